The molecule has 7 heteroatoms. The van der Waals surface area contributed by atoms with Crippen molar-refractivity contribution in [2.24, 2.45) is 5.10 Å². The molecule has 0 aromatic heterocycles. The molecule has 0 spiro atoms. The van der Waals surface area contributed by atoms with E-state index >= 15 is 0 Å². The first-order valence-electron chi connectivity index (χ1n) is 6.24. The molecule has 0 fully saturated rings. The third-order valence-corrected chi connectivity index (χ3v) is 3.56. The van der Waals surface area contributed by atoms with Crippen molar-refractivity contribution in [3.8, 4) is 11.5 Å². The van der Waals surface area contributed by atoms with E-state index in [0.717, 1.165) is 3.57 Å². The van der Waals surface area contributed by atoms with Gasteiger partial charge in [-0.2, -0.15) is 5.10 Å². The molecule has 22 heavy (non-hydrogen) atoms. The van der Waals surface area contributed by atoms with Gasteiger partial charge in [0.15, 0.2) is 6.61 Å². The molecule has 5 nitrogen and oxygen atoms in total. The minimum Gasteiger partial charge on any atom is -0.507 e. The number of carbonyl (C=O) groups excluding carboxylic acids is 1. The van der Waals surface area contributed by atoms with Crippen molar-refractivity contribution in [3.63, 3.8) is 0 Å². The van der Waals surface area contributed by atoms with Crippen molar-refractivity contribution in [2.75, 3.05) is 6.61 Å². The Morgan fingerprint density at radius 2 is 2.14 bits per heavy atom. The van der Waals surface area contributed by atoms with Gasteiger partial charge in [0.05, 0.1) is 11.2 Å². The number of ether oxygens (including phenoxy) is 1. The van der Waals surface area contributed by atoms with Crippen LogP contribution < -0.4 is 10.2 Å². The Morgan fingerprint density at radius 1 is 1.36 bits per heavy atom. The molecule has 1 amide bonds. The third-order valence-electron chi connectivity index (χ3n) is 2.58. The van der Waals surface area contributed by atoms with E-state index in [1.807, 2.05) is 0 Å². The summed E-state index contributed by atoms with van der Waals surface area (Å²) in [6.45, 7) is -0.209. The van der Waals surface area contributed by atoms with Crippen molar-refractivity contribution in [3.05, 3.63) is 56.6 Å². The Bertz CT molecular complexity index is 707. The third kappa shape index (κ3) is 4.88. The Labute approximate surface area is 146 Å². The van der Waals surface area contributed by atoms with Gasteiger partial charge in [-0.1, -0.05) is 23.7 Å². The fourth-order valence-electron chi connectivity index (χ4n) is 1.54. The second-order valence-electron chi connectivity index (χ2n) is 4.22. The summed E-state index contributed by atoms with van der Waals surface area (Å²) in [7, 11) is 0. The zero-order chi connectivity index (χ0) is 15.9. The van der Waals surface area contributed by atoms with Crippen LogP contribution in [-0.4, -0.2) is 23.8 Å². The van der Waals surface area contributed by atoms with E-state index < -0.39 is 5.91 Å². The summed E-state index contributed by atoms with van der Waals surface area (Å²) < 4.78 is 6.23. The summed E-state index contributed by atoms with van der Waals surface area (Å²) in [4.78, 5) is 11.6. The normalized spacial score (nSPS) is 10.6. The fraction of sp³-hybridized carbons (Fsp3) is 0.0667. The number of para-hydroxylation sites is 1. The van der Waals surface area contributed by atoms with Crippen LogP contribution >= 0.6 is 34.2 Å². The van der Waals surface area contributed by atoms with Crippen LogP contribution in [0.25, 0.3) is 0 Å². The molecule has 0 saturated carbocycles. The van der Waals surface area contributed by atoms with Crippen LogP contribution in [0.2, 0.25) is 5.02 Å². The first kappa shape index (κ1) is 16.6. The van der Waals surface area contributed by atoms with E-state index in [0.29, 0.717) is 16.3 Å². The van der Waals surface area contributed by atoms with Gasteiger partial charge in [-0.25, -0.2) is 5.43 Å². The summed E-state index contributed by atoms with van der Waals surface area (Å²) in [5.41, 5.74) is 2.83. The van der Waals surface area contributed by atoms with E-state index in [-0.39, 0.29) is 12.4 Å². The number of nitrogens with one attached hydrogen (secondary N) is 1. The Morgan fingerprint density at radius 3 is 2.91 bits per heavy atom. The first-order chi connectivity index (χ1) is 10.6. The van der Waals surface area contributed by atoms with E-state index in [9.17, 15) is 9.90 Å². The zero-order valence-electron chi connectivity index (χ0n) is 11.3. The molecule has 0 aliphatic rings. The van der Waals surface area contributed by atoms with Gasteiger partial charge in [0, 0.05) is 9.13 Å². The standard InChI is InChI=1S/C15H12ClIN2O3/c16-12-3-1-2-4-14(12)22-9-15(21)19-18-8-10-7-11(17)5-6-13(10)20/h1-8,20H,9H2,(H,19,21). The lowest BCUT2D eigenvalue weighted by Gasteiger charge is -2.06. The summed E-state index contributed by atoms with van der Waals surface area (Å²) in [5, 5.41) is 13.8. The molecule has 0 atom stereocenters. The Hall–Kier alpha value is -1.80. The molecule has 0 aliphatic carbocycles. The second-order valence-corrected chi connectivity index (χ2v) is 5.87. The number of phenols is 1. The number of rotatable bonds is 5. The van der Waals surface area contributed by atoms with Gasteiger partial charge in [-0.3, -0.25) is 4.79 Å². The van der Waals surface area contributed by atoms with Crippen LogP contribution in [0.4, 0.5) is 0 Å². The van der Waals surface area contributed by atoms with Gasteiger partial charge in [0.2, 0.25) is 0 Å². The van der Waals surface area contributed by atoms with E-state index in [1.54, 1.807) is 42.5 Å². The van der Waals surface area contributed by atoms with Crippen LogP contribution in [0, 0.1) is 3.57 Å². The van der Waals surface area contributed by atoms with Gasteiger partial charge < -0.3 is 9.84 Å². The quantitative estimate of drug-likeness (QED) is 0.435. The molecule has 2 aromatic rings. The van der Waals surface area contributed by atoms with Crippen LogP contribution in [0.1, 0.15) is 5.56 Å². The highest BCUT2D eigenvalue weighted by atomic mass is 127. The zero-order valence-corrected chi connectivity index (χ0v) is 14.2. The maximum atomic E-state index is 11.6. The average Bonchev–Trinajstić information content (AvgIpc) is 2.50. The van der Waals surface area contributed by atoms with Crippen molar-refractivity contribution in [1.82, 2.24) is 5.43 Å². The number of phenolic OH excluding ortho intramolecular Hbond substituents is 1. The monoisotopic (exact) mass is 430 g/mol. The topological polar surface area (TPSA) is 70.9 Å². The Balaban J connectivity index is 1.86. The second kappa shape index (κ2) is 8.00. The smallest absolute Gasteiger partial charge is 0.277 e. The van der Waals surface area contributed by atoms with Gasteiger partial charge in [0.1, 0.15) is 11.5 Å². The molecule has 0 heterocycles. The SMILES string of the molecule is O=C(COc1ccccc1Cl)NN=Cc1cc(I)ccc1O. The number of hydrogen-bond acceptors (Lipinski definition) is 4. The minimum atomic E-state index is -0.429. The van der Waals surface area contributed by atoms with Crippen molar-refractivity contribution >= 4 is 46.3 Å². The van der Waals surface area contributed by atoms with Crippen molar-refractivity contribution in [2.45, 2.75) is 0 Å². The first-order valence-corrected chi connectivity index (χ1v) is 7.69. The molecule has 0 bridgehead atoms. The number of benzene rings is 2. The average molecular weight is 431 g/mol. The van der Waals surface area contributed by atoms with Gasteiger partial charge >= 0.3 is 0 Å². The van der Waals surface area contributed by atoms with Gasteiger partial charge in [-0.15, -0.1) is 0 Å². The lowest BCUT2D eigenvalue weighted by atomic mass is 10.2. The summed E-state index contributed by atoms with van der Waals surface area (Å²) in [5.74, 6) is 0.0885. The number of nitrogens with zero attached hydrogens (tertiary/aromatic N) is 1. The largest absolute Gasteiger partial charge is 0.507 e. The summed E-state index contributed by atoms with van der Waals surface area (Å²) in [6.07, 6.45) is 1.37. The number of carbonyl (C=O) groups is 1. The Kier molecular flexibility index (Phi) is 6.02. The highest BCUT2D eigenvalue weighted by molar-refractivity contribution is 14.1. The molecule has 0 unspecified atom stereocenters. The molecule has 114 valence electrons. The maximum absolute atomic E-state index is 11.6. The van der Waals surface area contributed by atoms with Gasteiger partial charge in [-0.05, 0) is 52.9 Å². The summed E-state index contributed by atoms with van der Waals surface area (Å²) in [6, 6.07) is 11.9. The fourth-order valence-corrected chi connectivity index (χ4v) is 2.25. The highest BCUT2D eigenvalue weighted by Crippen LogP contribution is 2.22. The molecular weight excluding hydrogens is 419 g/mol. The van der Waals surface area contributed by atoms with Crippen LogP contribution in [0.5, 0.6) is 11.5 Å². The summed E-state index contributed by atoms with van der Waals surface area (Å²) >= 11 is 8.03. The molecule has 2 N–H and O–H groups in total. The van der Waals surface area contributed by atoms with Crippen LogP contribution in [0.15, 0.2) is 47.6 Å². The van der Waals surface area contributed by atoms with Crippen molar-refractivity contribution < 1.29 is 14.6 Å². The lowest BCUT2D eigenvalue weighted by Crippen LogP contribution is -2.24. The number of hydrogen-bond donors (Lipinski definition) is 2. The molecule has 0 radical (unpaired) electrons. The number of halogens is 2. The van der Waals surface area contributed by atoms with E-state index in [1.165, 1.54) is 6.21 Å². The van der Waals surface area contributed by atoms with Crippen LogP contribution in [-0.2, 0) is 4.79 Å². The lowest BCUT2D eigenvalue weighted by molar-refractivity contribution is -0.123. The number of amides is 1. The van der Waals surface area contributed by atoms with Crippen LogP contribution in [0.3, 0.4) is 0 Å². The molecule has 0 aliphatic heterocycles. The molecular formula is C15H12ClIN2O3. The van der Waals surface area contributed by atoms with Crippen molar-refractivity contribution in [1.29, 1.82) is 0 Å². The van der Waals surface area contributed by atoms with E-state index in [2.05, 4.69) is 33.1 Å². The number of aromatic hydroxyl groups is 1. The highest BCUT2D eigenvalue weighted by Gasteiger charge is 2.04. The van der Waals surface area contributed by atoms with Gasteiger partial charge in [0.25, 0.3) is 5.91 Å². The predicted octanol–water partition coefficient (Wildman–Crippen LogP) is 3.18. The van der Waals surface area contributed by atoms with E-state index in [4.69, 9.17) is 16.3 Å². The molecule has 0 saturated heterocycles. The number of hydrazone groups is 1. The predicted molar refractivity (Wildman–Crippen MR) is 93.5 cm³/mol. The molecule has 2 aromatic carbocycles. The maximum Gasteiger partial charge on any atom is 0.277 e. The minimum absolute atomic E-state index is 0.0886. The molecule has 2 rings (SSSR count).